The Balaban J connectivity index is 1.82. The molecule has 4 rings (SSSR count). The van der Waals surface area contributed by atoms with Gasteiger partial charge in [0.15, 0.2) is 11.6 Å². The van der Waals surface area contributed by atoms with Crippen LogP contribution in [0.1, 0.15) is 11.1 Å². The average Bonchev–Trinajstić information content (AvgIpc) is 3.21. The third kappa shape index (κ3) is 3.56. The van der Waals surface area contributed by atoms with Gasteiger partial charge in [-0.2, -0.15) is 0 Å². The van der Waals surface area contributed by atoms with Crippen molar-refractivity contribution in [2.45, 2.75) is 18.1 Å². The number of aryl methyl sites for hydroxylation is 1. The highest BCUT2D eigenvalue weighted by atomic mass is 32.2. The van der Waals surface area contributed by atoms with E-state index >= 15 is 0 Å². The average molecular weight is 411 g/mol. The molecule has 0 atom stereocenters. The Kier molecular flexibility index (Phi) is 4.74. The molecule has 6 nitrogen and oxygen atoms in total. The van der Waals surface area contributed by atoms with E-state index in [1.165, 1.54) is 0 Å². The second-order valence-electron chi connectivity index (χ2n) is 6.32. The quantitative estimate of drug-likeness (QED) is 0.491. The molecule has 2 aromatic heterocycles. The fourth-order valence-corrected chi connectivity index (χ4v) is 4.77. The maximum atomic E-state index is 12.7. The van der Waals surface area contributed by atoms with Crippen LogP contribution in [0.25, 0.3) is 11.0 Å². The van der Waals surface area contributed by atoms with Crippen LogP contribution in [0.5, 0.6) is 0 Å². The first-order valence-electron chi connectivity index (χ1n) is 8.60. The van der Waals surface area contributed by atoms with Crippen LogP contribution < -0.4 is 10.0 Å². The lowest BCUT2D eigenvalue weighted by Gasteiger charge is -2.15. The van der Waals surface area contributed by atoms with Gasteiger partial charge in [-0.1, -0.05) is 30.3 Å². The Labute approximate surface area is 167 Å². The molecule has 2 N–H and O–H groups in total. The number of hydrogen-bond acceptors (Lipinski definition) is 6. The summed E-state index contributed by atoms with van der Waals surface area (Å²) in [5, 5.41) is 4.96. The number of rotatable bonds is 5. The fraction of sp³-hybridized carbons (Fsp3) is 0.100. The molecule has 0 bridgehead atoms. The van der Waals surface area contributed by atoms with Gasteiger partial charge in [-0.05, 0) is 54.6 Å². The molecule has 2 heterocycles. The van der Waals surface area contributed by atoms with E-state index in [2.05, 4.69) is 20.0 Å². The highest BCUT2D eigenvalue weighted by molar-refractivity contribution is 7.94. The topological polar surface area (TPSA) is 84.0 Å². The van der Waals surface area contributed by atoms with Crippen LogP contribution in [0.4, 0.5) is 17.3 Å². The molecule has 28 heavy (non-hydrogen) atoms. The van der Waals surface area contributed by atoms with E-state index in [1.807, 2.05) is 50.2 Å². The second-order valence-corrected chi connectivity index (χ2v) is 9.18. The fourth-order valence-electron chi connectivity index (χ4n) is 2.77. The third-order valence-corrected chi connectivity index (χ3v) is 7.16. The van der Waals surface area contributed by atoms with Crippen LogP contribution in [-0.2, 0) is 10.0 Å². The lowest BCUT2D eigenvalue weighted by atomic mass is 10.1. The molecule has 0 saturated heterocycles. The highest BCUT2D eigenvalue weighted by Gasteiger charge is 2.20. The van der Waals surface area contributed by atoms with E-state index in [9.17, 15) is 8.42 Å². The van der Waals surface area contributed by atoms with Crippen LogP contribution in [0.15, 0.2) is 64.2 Å². The summed E-state index contributed by atoms with van der Waals surface area (Å²) < 4.78 is 28.3. The zero-order valence-electron chi connectivity index (χ0n) is 15.3. The number of anilines is 3. The van der Waals surface area contributed by atoms with Crippen molar-refractivity contribution < 1.29 is 8.42 Å². The molecule has 4 aromatic rings. The minimum atomic E-state index is -3.75. The Hall–Kier alpha value is -2.97. The van der Waals surface area contributed by atoms with E-state index in [4.69, 9.17) is 0 Å². The van der Waals surface area contributed by atoms with Crippen molar-refractivity contribution in [3.8, 4) is 0 Å². The molecular weight excluding hydrogens is 392 g/mol. The molecular formula is C20H18N4O2S2. The highest BCUT2D eigenvalue weighted by Crippen LogP contribution is 2.29. The van der Waals surface area contributed by atoms with Gasteiger partial charge in [0.05, 0.1) is 11.0 Å². The van der Waals surface area contributed by atoms with Crippen molar-refractivity contribution in [1.82, 2.24) is 9.97 Å². The third-order valence-electron chi connectivity index (χ3n) is 4.42. The van der Waals surface area contributed by atoms with Crippen LogP contribution in [0.2, 0.25) is 0 Å². The Morgan fingerprint density at radius 3 is 2.25 bits per heavy atom. The van der Waals surface area contributed by atoms with E-state index in [-0.39, 0.29) is 10.0 Å². The zero-order chi connectivity index (χ0) is 19.7. The first kappa shape index (κ1) is 18.4. The SMILES string of the molecule is Cc1cccc(Nc2nc3ccccc3nc2NS(=O)(=O)c2cccs2)c1C. The number of benzene rings is 2. The van der Waals surface area contributed by atoms with E-state index < -0.39 is 10.0 Å². The molecule has 0 saturated carbocycles. The molecule has 0 fully saturated rings. The van der Waals surface area contributed by atoms with Crippen LogP contribution in [0, 0.1) is 13.8 Å². The second kappa shape index (κ2) is 7.21. The molecule has 2 aromatic carbocycles. The summed E-state index contributed by atoms with van der Waals surface area (Å²) in [6.45, 7) is 4.02. The first-order valence-corrected chi connectivity index (χ1v) is 11.0. The molecule has 0 aliphatic rings. The lowest BCUT2D eigenvalue weighted by Crippen LogP contribution is -2.15. The number of nitrogens with zero attached hydrogens (tertiary/aromatic N) is 2. The van der Waals surface area contributed by atoms with Gasteiger partial charge in [-0.25, -0.2) is 18.4 Å². The molecule has 0 aliphatic heterocycles. The molecule has 0 unspecified atom stereocenters. The summed E-state index contributed by atoms with van der Waals surface area (Å²) in [6, 6.07) is 16.5. The van der Waals surface area contributed by atoms with Gasteiger partial charge in [0.2, 0.25) is 0 Å². The summed E-state index contributed by atoms with van der Waals surface area (Å²) in [5.41, 5.74) is 4.32. The Morgan fingerprint density at radius 1 is 0.857 bits per heavy atom. The maximum absolute atomic E-state index is 12.7. The molecule has 8 heteroatoms. The smallest absolute Gasteiger partial charge is 0.272 e. The summed E-state index contributed by atoms with van der Waals surface area (Å²) in [6.07, 6.45) is 0. The largest absolute Gasteiger partial charge is 0.337 e. The predicted octanol–water partition coefficient (Wildman–Crippen LogP) is 4.85. The summed E-state index contributed by atoms with van der Waals surface area (Å²) >= 11 is 1.15. The van der Waals surface area contributed by atoms with Crippen molar-refractivity contribution in [2.24, 2.45) is 0 Å². The molecule has 0 radical (unpaired) electrons. The standard InChI is InChI=1S/C20H18N4O2S2/c1-13-7-5-10-15(14(13)2)21-19-20(23-17-9-4-3-8-16(17)22-19)24-28(25,26)18-11-6-12-27-18/h3-12H,1-2H3,(H,21,22)(H,23,24). The normalized spacial score (nSPS) is 11.5. The summed E-state index contributed by atoms with van der Waals surface area (Å²) in [7, 11) is -3.75. The van der Waals surface area contributed by atoms with Crippen molar-refractivity contribution in [1.29, 1.82) is 0 Å². The molecule has 0 spiro atoms. The summed E-state index contributed by atoms with van der Waals surface area (Å²) in [5.74, 6) is 0.514. The number of nitrogens with one attached hydrogen (secondary N) is 2. The van der Waals surface area contributed by atoms with Gasteiger partial charge in [0.1, 0.15) is 4.21 Å². The maximum Gasteiger partial charge on any atom is 0.272 e. The predicted molar refractivity (Wildman–Crippen MR) is 114 cm³/mol. The van der Waals surface area contributed by atoms with Crippen LogP contribution >= 0.6 is 11.3 Å². The minimum absolute atomic E-state index is 0.160. The number of hydrogen-bond donors (Lipinski definition) is 2. The van der Waals surface area contributed by atoms with E-state index in [1.54, 1.807) is 23.6 Å². The van der Waals surface area contributed by atoms with Gasteiger partial charge >= 0.3 is 0 Å². The minimum Gasteiger partial charge on any atom is -0.337 e. The Bertz CT molecular complexity index is 1250. The number of sulfonamides is 1. The van der Waals surface area contributed by atoms with E-state index in [0.717, 1.165) is 28.2 Å². The number of para-hydroxylation sites is 2. The van der Waals surface area contributed by atoms with Gasteiger partial charge in [0, 0.05) is 5.69 Å². The van der Waals surface area contributed by atoms with Crippen molar-refractivity contribution in [3.05, 3.63) is 71.1 Å². The summed E-state index contributed by atoms with van der Waals surface area (Å²) in [4.78, 5) is 9.12. The van der Waals surface area contributed by atoms with Gasteiger partial charge in [-0.15, -0.1) is 11.3 Å². The number of thiophene rings is 1. The van der Waals surface area contributed by atoms with Crippen LogP contribution in [0.3, 0.4) is 0 Å². The van der Waals surface area contributed by atoms with Crippen LogP contribution in [-0.4, -0.2) is 18.4 Å². The zero-order valence-corrected chi connectivity index (χ0v) is 16.9. The van der Waals surface area contributed by atoms with Crippen molar-refractivity contribution in [2.75, 3.05) is 10.0 Å². The van der Waals surface area contributed by atoms with Crippen molar-refractivity contribution in [3.63, 3.8) is 0 Å². The van der Waals surface area contributed by atoms with E-state index in [0.29, 0.717) is 16.9 Å². The number of aromatic nitrogens is 2. The molecule has 142 valence electrons. The van der Waals surface area contributed by atoms with Gasteiger partial charge < -0.3 is 5.32 Å². The lowest BCUT2D eigenvalue weighted by molar-refractivity contribution is 0.603. The first-order chi connectivity index (χ1) is 13.4. The monoisotopic (exact) mass is 410 g/mol. The van der Waals surface area contributed by atoms with Crippen molar-refractivity contribution >= 4 is 49.7 Å². The number of fused-ring (bicyclic) bond motifs is 1. The Morgan fingerprint density at radius 2 is 1.57 bits per heavy atom. The van der Waals surface area contributed by atoms with Gasteiger partial charge in [-0.3, -0.25) is 4.72 Å². The molecule has 0 aliphatic carbocycles. The molecule has 0 amide bonds. The van der Waals surface area contributed by atoms with Gasteiger partial charge in [0.25, 0.3) is 10.0 Å².